The summed E-state index contributed by atoms with van der Waals surface area (Å²) in [5, 5.41) is 21.3. The summed E-state index contributed by atoms with van der Waals surface area (Å²) in [5.41, 5.74) is -0.968. The first-order valence-electron chi connectivity index (χ1n) is 6.09. The van der Waals surface area contributed by atoms with Gasteiger partial charge in [0.05, 0.1) is 18.8 Å². The smallest absolute Gasteiger partial charge is 0.240 e. The molecule has 1 heterocycles. The number of carbonyl (C=O) groups excluding carboxylic acids is 1. The molecule has 1 fully saturated rings. The van der Waals surface area contributed by atoms with Gasteiger partial charge in [-0.3, -0.25) is 4.79 Å². The van der Waals surface area contributed by atoms with Crippen LogP contribution in [0.2, 0.25) is 0 Å². The van der Waals surface area contributed by atoms with Gasteiger partial charge in [0.25, 0.3) is 0 Å². The topological polar surface area (TPSA) is 91.6 Å². The molecule has 1 saturated heterocycles. The Morgan fingerprint density at radius 1 is 1.61 bits per heavy atom. The van der Waals surface area contributed by atoms with Crippen LogP contribution in [0.3, 0.4) is 0 Å². The molecule has 1 amide bonds. The van der Waals surface area contributed by atoms with Crippen molar-refractivity contribution in [1.29, 1.82) is 5.26 Å². The predicted molar refractivity (Wildman–Crippen MR) is 63.6 cm³/mol. The molecule has 1 aliphatic heterocycles. The van der Waals surface area contributed by atoms with Gasteiger partial charge in [-0.25, -0.2) is 0 Å². The molecule has 0 aromatic rings. The monoisotopic (exact) mass is 256 g/mol. The highest BCUT2D eigenvalue weighted by molar-refractivity contribution is 5.85. The van der Waals surface area contributed by atoms with Gasteiger partial charge in [0.15, 0.2) is 0 Å². The second-order valence-corrected chi connectivity index (χ2v) is 4.46. The van der Waals surface area contributed by atoms with Crippen molar-refractivity contribution in [2.75, 3.05) is 33.5 Å². The summed E-state index contributed by atoms with van der Waals surface area (Å²) < 4.78 is 9.95. The summed E-state index contributed by atoms with van der Waals surface area (Å²) >= 11 is 0. The maximum atomic E-state index is 12.0. The fourth-order valence-electron chi connectivity index (χ4n) is 1.91. The number of hydrogen-bond donors (Lipinski definition) is 2. The second kappa shape index (κ2) is 7.31. The Balaban J connectivity index is 2.37. The van der Waals surface area contributed by atoms with Crippen molar-refractivity contribution < 1.29 is 19.4 Å². The van der Waals surface area contributed by atoms with Crippen LogP contribution in [0.15, 0.2) is 0 Å². The Labute approximate surface area is 107 Å². The van der Waals surface area contributed by atoms with Crippen molar-refractivity contribution in [1.82, 2.24) is 5.32 Å². The van der Waals surface area contributed by atoms with Crippen molar-refractivity contribution in [3.05, 3.63) is 0 Å². The number of nitrogens with zero attached hydrogens (tertiary/aromatic N) is 1. The Morgan fingerprint density at radius 2 is 2.28 bits per heavy atom. The quantitative estimate of drug-likeness (QED) is 0.688. The number of aliphatic hydroxyl groups is 1. The highest BCUT2D eigenvalue weighted by atomic mass is 16.5. The number of ether oxygens (including phenoxy) is 2. The Morgan fingerprint density at radius 3 is 2.83 bits per heavy atom. The zero-order valence-corrected chi connectivity index (χ0v) is 10.6. The molecule has 6 nitrogen and oxygen atoms in total. The molecule has 0 aromatic heterocycles. The van der Waals surface area contributed by atoms with E-state index >= 15 is 0 Å². The molecule has 2 N–H and O–H groups in total. The maximum Gasteiger partial charge on any atom is 0.240 e. The van der Waals surface area contributed by atoms with E-state index in [0.717, 1.165) is 0 Å². The third-order valence-corrected chi connectivity index (χ3v) is 3.12. The van der Waals surface area contributed by atoms with Gasteiger partial charge in [0.1, 0.15) is 5.41 Å². The first-order chi connectivity index (χ1) is 8.64. The minimum Gasteiger partial charge on any atom is -0.391 e. The number of nitriles is 1. The van der Waals surface area contributed by atoms with E-state index in [2.05, 4.69) is 11.4 Å². The average molecular weight is 256 g/mol. The first kappa shape index (κ1) is 14.9. The van der Waals surface area contributed by atoms with E-state index < -0.39 is 11.5 Å². The summed E-state index contributed by atoms with van der Waals surface area (Å²) in [5.74, 6) is -0.266. The van der Waals surface area contributed by atoms with Crippen LogP contribution in [-0.2, 0) is 14.3 Å². The van der Waals surface area contributed by atoms with Gasteiger partial charge in [-0.15, -0.1) is 0 Å². The van der Waals surface area contributed by atoms with Crippen LogP contribution in [0, 0.1) is 16.7 Å². The van der Waals surface area contributed by atoms with Gasteiger partial charge in [0, 0.05) is 26.9 Å². The predicted octanol–water partition coefficient (Wildman–Crippen LogP) is -0.180. The lowest BCUT2D eigenvalue weighted by atomic mass is 9.81. The fourth-order valence-corrected chi connectivity index (χ4v) is 1.91. The number of hydrogen-bond acceptors (Lipinski definition) is 5. The van der Waals surface area contributed by atoms with Crippen LogP contribution in [0.4, 0.5) is 0 Å². The molecule has 0 aliphatic carbocycles. The van der Waals surface area contributed by atoms with E-state index in [1.54, 1.807) is 0 Å². The number of aliphatic hydroxyl groups excluding tert-OH is 1. The summed E-state index contributed by atoms with van der Waals surface area (Å²) in [7, 11) is 1.51. The third-order valence-electron chi connectivity index (χ3n) is 3.12. The molecule has 1 unspecified atom stereocenters. The van der Waals surface area contributed by atoms with Crippen LogP contribution in [-0.4, -0.2) is 50.6 Å². The van der Waals surface area contributed by atoms with E-state index in [1.165, 1.54) is 7.11 Å². The lowest BCUT2D eigenvalue weighted by molar-refractivity contribution is -0.132. The zero-order chi connectivity index (χ0) is 13.4. The standard InChI is InChI=1S/C12H20N2O4/c1-17-8-10(15)2-5-14-11(16)12(9-13)3-6-18-7-4-12/h10,15H,2-8H2,1H3,(H,14,16). The molecule has 0 bridgehead atoms. The van der Waals surface area contributed by atoms with Gasteiger partial charge in [-0.05, 0) is 19.3 Å². The van der Waals surface area contributed by atoms with E-state index in [4.69, 9.17) is 14.7 Å². The SMILES string of the molecule is COCC(O)CCNC(=O)C1(C#N)CCOCC1. The normalized spacial score (nSPS) is 19.8. The first-order valence-corrected chi connectivity index (χ1v) is 6.09. The molecule has 1 atom stereocenters. The minimum absolute atomic E-state index is 0.243. The molecule has 0 aromatic carbocycles. The van der Waals surface area contributed by atoms with Crippen molar-refractivity contribution in [2.45, 2.75) is 25.4 Å². The molecule has 0 spiro atoms. The van der Waals surface area contributed by atoms with E-state index in [9.17, 15) is 9.90 Å². The Kier molecular flexibility index (Phi) is 6.05. The summed E-state index contributed by atoms with van der Waals surface area (Å²) in [4.78, 5) is 12.0. The van der Waals surface area contributed by atoms with Crippen molar-refractivity contribution in [3.8, 4) is 6.07 Å². The highest BCUT2D eigenvalue weighted by Gasteiger charge is 2.40. The molecule has 1 rings (SSSR count). The molecular formula is C12H20N2O4. The number of rotatable bonds is 6. The van der Waals surface area contributed by atoms with Crippen molar-refractivity contribution in [3.63, 3.8) is 0 Å². The lowest BCUT2D eigenvalue weighted by Gasteiger charge is -2.29. The van der Waals surface area contributed by atoms with Gasteiger partial charge >= 0.3 is 0 Å². The van der Waals surface area contributed by atoms with E-state index in [0.29, 0.717) is 39.0 Å². The van der Waals surface area contributed by atoms with Gasteiger partial charge in [0.2, 0.25) is 5.91 Å². The summed E-state index contributed by atoms with van der Waals surface area (Å²) in [6.45, 7) is 1.46. The van der Waals surface area contributed by atoms with Crippen LogP contribution in [0.25, 0.3) is 0 Å². The summed E-state index contributed by atoms with van der Waals surface area (Å²) in [6.07, 6.45) is 0.673. The number of methoxy groups -OCH3 is 1. The second-order valence-electron chi connectivity index (χ2n) is 4.46. The molecule has 1 aliphatic rings. The average Bonchev–Trinajstić information content (AvgIpc) is 2.39. The summed E-state index contributed by atoms with van der Waals surface area (Å²) in [6, 6.07) is 2.10. The largest absolute Gasteiger partial charge is 0.391 e. The minimum atomic E-state index is -0.968. The lowest BCUT2D eigenvalue weighted by Crippen LogP contribution is -2.44. The molecule has 18 heavy (non-hydrogen) atoms. The number of nitrogens with one attached hydrogen (secondary N) is 1. The third kappa shape index (κ3) is 3.95. The van der Waals surface area contributed by atoms with Crippen LogP contribution in [0.1, 0.15) is 19.3 Å². The number of amides is 1. The maximum absolute atomic E-state index is 12.0. The van der Waals surface area contributed by atoms with Crippen LogP contribution < -0.4 is 5.32 Å². The molecule has 0 saturated carbocycles. The Hall–Kier alpha value is -1.16. The fraction of sp³-hybridized carbons (Fsp3) is 0.833. The van der Waals surface area contributed by atoms with Crippen molar-refractivity contribution >= 4 is 5.91 Å². The van der Waals surface area contributed by atoms with Crippen LogP contribution in [0.5, 0.6) is 0 Å². The molecule has 102 valence electrons. The molecule has 6 heteroatoms. The van der Waals surface area contributed by atoms with Gasteiger partial charge in [-0.2, -0.15) is 5.26 Å². The highest BCUT2D eigenvalue weighted by Crippen LogP contribution is 2.29. The zero-order valence-electron chi connectivity index (χ0n) is 10.6. The van der Waals surface area contributed by atoms with Gasteiger partial charge < -0.3 is 19.9 Å². The van der Waals surface area contributed by atoms with E-state index in [-0.39, 0.29) is 12.5 Å². The number of carbonyl (C=O) groups is 1. The Bertz CT molecular complexity index is 308. The van der Waals surface area contributed by atoms with Crippen LogP contribution >= 0.6 is 0 Å². The molecule has 0 radical (unpaired) electrons. The van der Waals surface area contributed by atoms with E-state index in [1.807, 2.05) is 0 Å². The molecular weight excluding hydrogens is 236 g/mol. The van der Waals surface area contributed by atoms with Gasteiger partial charge in [-0.1, -0.05) is 0 Å². The van der Waals surface area contributed by atoms with Crippen molar-refractivity contribution in [2.24, 2.45) is 5.41 Å².